The third-order valence-corrected chi connectivity index (χ3v) is 2.71. The Labute approximate surface area is 98.6 Å². The Morgan fingerprint density at radius 2 is 2.27 bits per heavy atom. The molecule has 0 amide bonds. The minimum absolute atomic E-state index is 0.0436. The SMILES string of the molecule is CC(C)NCCCn1cccc(Br)c1=O. The molecule has 0 aliphatic carbocycles. The monoisotopic (exact) mass is 272 g/mol. The van der Waals surface area contributed by atoms with Gasteiger partial charge in [0, 0.05) is 18.8 Å². The highest BCUT2D eigenvalue weighted by Gasteiger charge is 1.99. The number of nitrogens with zero attached hydrogens (tertiary/aromatic N) is 1. The Bertz CT molecular complexity index is 360. The van der Waals surface area contributed by atoms with Crippen LogP contribution in [0.5, 0.6) is 0 Å². The third-order valence-electron chi connectivity index (χ3n) is 2.10. The number of aromatic nitrogens is 1. The Morgan fingerprint density at radius 1 is 1.53 bits per heavy atom. The maximum Gasteiger partial charge on any atom is 0.264 e. The first-order valence-electron chi connectivity index (χ1n) is 5.19. The smallest absolute Gasteiger partial charge is 0.264 e. The van der Waals surface area contributed by atoms with Gasteiger partial charge in [0.15, 0.2) is 0 Å². The van der Waals surface area contributed by atoms with Crippen LogP contribution in [0.2, 0.25) is 0 Å². The van der Waals surface area contributed by atoms with E-state index in [1.807, 2.05) is 12.3 Å². The molecule has 0 fully saturated rings. The molecule has 1 N–H and O–H groups in total. The predicted octanol–water partition coefficient (Wildman–Crippen LogP) is 2.00. The second kappa shape index (κ2) is 6.08. The first-order valence-corrected chi connectivity index (χ1v) is 5.99. The van der Waals surface area contributed by atoms with Crippen LogP contribution >= 0.6 is 15.9 Å². The van der Waals surface area contributed by atoms with E-state index < -0.39 is 0 Å². The van der Waals surface area contributed by atoms with Gasteiger partial charge < -0.3 is 9.88 Å². The summed E-state index contributed by atoms with van der Waals surface area (Å²) < 4.78 is 2.35. The van der Waals surface area contributed by atoms with Crippen molar-refractivity contribution in [1.82, 2.24) is 9.88 Å². The first-order chi connectivity index (χ1) is 7.11. The van der Waals surface area contributed by atoms with Gasteiger partial charge in [-0.3, -0.25) is 4.79 Å². The minimum Gasteiger partial charge on any atom is -0.315 e. The standard InChI is InChI=1S/C11H17BrN2O/c1-9(2)13-6-4-8-14-7-3-5-10(12)11(14)15/h3,5,7,9,13H,4,6,8H2,1-2H3. The fourth-order valence-electron chi connectivity index (χ4n) is 1.32. The van der Waals surface area contributed by atoms with Crippen molar-refractivity contribution < 1.29 is 0 Å². The fourth-order valence-corrected chi connectivity index (χ4v) is 1.70. The van der Waals surface area contributed by atoms with E-state index in [1.165, 1.54) is 0 Å². The molecule has 1 aromatic rings. The van der Waals surface area contributed by atoms with Gasteiger partial charge in [0.2, 0.25) is 0 Å². The van der Waals surface area contributed by atoms with Crippen LogP contribution in [-0.2, 0) is 6.54 Å². The van der Waals surface area contributed by atoms with Crippen molar-refractivity contribution in [2.75, 3.05) is 6.54 Å². The number of aryl methyl sites for hydroxylation is 1. The topological polar surface area (TPSA) is 34.0 Å². The Hall–Kier alpha value is -0.610. The van der Waals surface area contributed by atoms with Gasteiger partial charge in [-0.25, -0.2) is 0 Å². The molecular weight excluding hydrogens is 256 g/mol. The molecule has 1 heterocycles. The molecule has 84 valence electrons. The predicted molar refractivity (Wildman–Crippen MR) is 66.2 cm³/mol. The molecule has 0 aliphatic rings. The van der Waals surface area contributed by atoms with E-state index in [4.69, 9.17) is 0 Å². The summed E-state index contributed by atoms with van der Waals surface area (Å²) >= 11 is 3.23. The molecule has 0 aliphatic heterocycles. The van der Waals surface area contributed by atoms with Gasteiger partial charge in [-0.1, -0.05) is 13.8 Å². The van der Waals surface area contributed by atoms with Crippen LogP contribution in [0.1, 0.15) is 20.3 Å². The number of hydrogen-bond donors (Lipinski definition) is 1. The highest BCUT2D eigenvalue weighted by atomic mass is 79.9. The van der Waals surface area contributed by atoms with Gasteiger partial charge in [0.25, 0.3) is 5.56 Å². The highest BCUT2D eigenvalue weighted by molar-refractivity contribution is 9.10. The maximum absolute atomic E-state index is 11.6. The Kier molecular flexibility index (Phi) is 5.05. The van der Waals surface area contributed by atoms with Crippen LogP contribution in [0.25, 0.3) is 0 Å². The van der Waals surface area contributed by atoms with E-state index >= 15 is 0 Å². The lowest BCUT2D eigenvalue weighted by Gasteiger charge is -2.09. The van der Waals surface area contributed by atoms with Crippen molar-refractivity contribution in [1.29, 1.82) is 0 Å². The minimum atomic E-state index is 0.0436. The Balaban J connectivity index is 2.44. The van der Waals surface area contributed by atoms with Crippen molar-refractivity contribution in [2.45, 2.75) is 32.9 Å². The van der Waals surface area contributed by atoms with Gasteiger partial charge in [-0.05, 0) is 41.0 Å². The van der Waals surface area contributed by atoms with Crippen LogP contribution in [0.15, 0.2) is 27.6 Å². The average Bonchev–Trinajstić information content (AvgIpc) is 2.18. The molecule has 0 saturated carbocycles. The van der Waals surface area contributed by atoms with Crippen LogP contribution in [-0.4, -0.2) is 17.2 Å². The van der Waals surface area contributed by atoms with E-state index in [0.717, 1.165) is 19.5 Å². The highest BCUT2D eigenvalue weighted by Crippen LogP contribution is 2.00. The molecule has 1 rings (SSSR count). The third kappa shape index (κ3) is 4.18. The quantitative estimate of drug-likeness (QED) is 0.832. The molecule has 0 atom stereocenters. The van der Waals surface area contributed by atoms with Gasteiger partial charge in [-0.2, -0.15) is 0 Å². The van der Waals surface area contributed by atoms with Crippen molar-refractivity contribution in [2.24, 2.45) is 0 Å². The summed E-state index contributed by atoms with van der Waals surface area (Å²) in [6.45, 7) is 5.94. The summed E-state index contributed by atoms with van der Waals surface area (Å²) in [5.41, 5.74) is 0.0436. The van der Waals surface area contributed by atoms with Crippen LogP contribution in [0, 0.1) is 0 Å². The molecule has 4 heteroatoms. The zero-order valence-electron chi connectivity index (χ0n) is 9.16. The summed E-state index contributed by atoms with van der Waals surface area (Å²) in [6, 6.07) is 4.15. The molecular formula is C11H17BrN2O. The van der Waals surface area contributed by atoms with Gasteiger partial charge in [-0.15, -0.1) is 0 Å². The largest absolute Gasteiger partial charge is 0.315 e. The first kappa shape index (κ1) is 12.5. The van der Waals surface area contributed by atoms with Crippen molar-refractivity contribution in [3.63, 3.8) is 0 Å². The summed E-state index contributed by atoms with van der Waals surface area (Å²) in [5, 5.41) is 3.32. The zero-order chi connectivity index (χ0) is 11.3. The van der Waals surface area contributed by atoms with Gasteiger partial charge in [0.1, 0.15) is 0 Å². The second-order valence-corrected chi connectivity index (χ2v) is 4.67. The average molecular weight is 273 g/mol. The van der Waals surface area contributed by atoms with Gasteiger partial charge in [0.05, 0.1) is 4.47 Å². The molecule has 3 nitrogen and oxygen atoms in total. The molecule has 15 heavy (non-hydrogen) atoms. The van der Waals surface area contributed by atoms with E-state index in [-0.39, 0.29) is 5.56 Å². The van der Waals surface area contributed by atoms with E-state index in [9.17, 15) is 4.79 Å². The fraction of sp³-hybridized carbons (Fsp3) is 0.545. The number of hydrogen-bond acceptors (Lipinski definition) is 2. The van der Waals surface area contributed by atoms with E-state index in [0.29, 0.717) is 10.5 Å². The normalized spacial score (nSPS) is 10.9. The maximum atomic E-state index is 11.6. The summed E-state index contributed by atoms with van der Waals surface area (Å²) in [4.78, 5) is 11.6. The molecule has 0 aromatic carbocycles. The number of rotatable bonds is 5. The van der Waals surface area contributed by atoms with Crippen LogP contribution < -0.4 is 10.9 Å². The van der Waals surface area contributed by atoms with E-state index in [2.05, 4.69) is 35.1 Å². The summed E-state index contributed by atoms with van der Waals surface area (Å²) in [5.74, 6) is 0. The van der Waals surface area contributed by atoms with Crippen LogP contribution in [0.4, 0.5) is 0 Å². The van der Waals surface area contributed by atoms with Gasteiger partial charge >= 0.3 is 0 Å². The summed E-state index contributed by atoms with van der Waals surface area (Å²) in [6.07, 6.45) is 2.79. The van der Waals surface area contributed by atoms with E-state index in [1.54, 1.807) is 10.6 Å². The van der Waals surface area contributed by atoms with Crippen LogP contribution in [0.3, 0.4) is 0 Å². The number of nitrogens with one attached hydrogen (secondary N) is 1. The number of halogens is 1. The van der Waals surface area contributed by atoms with Crippen molar-refractivity contribution in [3.05, 3.63) is 33.2 Å². The summed E-state index contributed by atoms with van der Waals surface area (Å²) in [7, 11) is 0. The zero-order valence-corrected chi connectivity index (χ0v) is 10.8. The Morgan fingerprint density at radius 3 is 2.93 bits per heavy atom. The lowest BCUT2D eigenvalue weighted by molar-refractivity contribution is 0.529. The second-order valence-electron chi connectivity index (χ2n) is 3.82. The molecule has 0 bridgehead atoms. The number of pyridine rings is 1. The molecule has 0 spiro atoms. The lowest BCUT2D eigenvalue weighted by Crippen LogP contribution is -2.26. The molecule has 0 unspecified atom stereocenters. The van der Waals surface area contributed by atoms with Crippen molar-refractivity contribution in [3.8, 4) is 0 Å². The lowest BCUT2D eigenvalue weighted by atomic mass is 10.3. The molecule has 1 aromatic heterocycles. The molecule has 0 radical (unpaired) electrons. The molecule has 0 saturated heterocycles. The van der Waals surface area contributed by atoms with Crippen molar-refractivity contribution >= 4 is 15.9 Å².